The summed E-state index contributed by atoms with van der Waals surface area (Å²) in [6, 6.07) is 0. The molecule has 82 valence electrons. The molecule has 0 aliphatic rings. The van der Waals surface area contributed by atoms with E-state index < -0.39 is 0 Å². The van der Waals surface area contributed by atoms with E-state index in [1.807, 2.05) is 13.8 Å². The molecule has 0 saturated heterocycles. The molecule has 0 aromatic heterocycles. The summed E-state index contributed by atoms with van der Waals surface area (Å²) in [6.07, 6.45) is 3.02. The van der Waals surface area contributed by atoms with Crippen molar-refractivity contribution in [2.24, 2.45) is 15.7 Å². The topological polar surface area (TPSA) is 86.6 Å². The summed E-state index contributed by atoms with van der Waals surface area (Å²) < 4.78 is 0. The number of amidine groups is 1. The Morgan fingerprint density at radius 2 is 2.07 bits per heavy atom. The number of aliphatic imine (C=N–C) groups is 2. The molecule has 0 aromatic carbocycles. The Labute approximate surface area is 90.0 Å². The second-order valence-electron chi connectivity index (χ2n) is 3.01. The number of nitrogens with one attached hydrogen (secondary N) is 2. The van der Waals surface area contributed by atoms with Gasteiger partial charge in [-0.25, -0.2) is 9.98 Å². The lowest BCUT2D eigenvalue weighted by Crippen LogP contribution is -2.18. The lowest BCUT2D eigenvalue weighted by Gasteiger charge is -2.05. The number of hydrogen-bond donors (Lipinski definition) is 3. The Bertz CT molecular complexity index is 332. The van der Waals surface area contributed by atoms with Gasteiger partial charge in [0.15, 0.2) is 0 Å². The standard InChI is InChI=1S/C10H17N5/c1-5-13-9(12)6-10(14-7(2)3)15-8(4)11/h5-6,12,15H,4,11H2,1-3H3. The van der Waals surface area contributed by atoms with Gasteiger partial charge in [-0.3, -0.25) is 5.41 Å². The first-order chi connectivity index (χ1) is 6.95. The van der Waals surface area contributed by atoms with Crippen LogP contribution in [0.3, 0.4) is 0 Å². The average Bonchev–Trinajstić information content (AvgIpc) is 2.00. The molecule has 0 aromatic rings. The van der Waals surface area contributed by atoms with Crippen molar-refractivity contribution >= 4 is 17.8 Å². The van der Waals surface area contributed by atoms with Crippen LogP contribution in [-0.4, -0.2) is 17.8 Å². The third-order valence-corrected chi connectivity index (χ3v) is 1.17. The van der Waals surface area contributed by atoms with Crippen LogP contribution in [-0.2, 0) is 0 Å². The highest BCUT2D eigenvalue weighted by Crippen LogP contribution is 1.96. The van der Waals surface area contributed by atoms with E-state index in [1.54, 1.807) is 6.92 Å². The van der Waals surface area contributed by atoms with E-state index in [4.69, 9.17) is 11.1 Å². The van der Waals surface area contributed by atoms with E-state index in [2.05, 4.69) is 21.9 Å². The molecule has 0 aliphatic carbocycles. The van der Waals surface area contributed by atoms with Gasteiger partial charge in [0.2, 0.25) is 0 Å². The normalized spacial score (nSPS) is 11.3. The summed E-state index contributed by atoms with van der Waals surface area (Å²) in [7, 11) is 0. The van der Waals surface area contributed by atoms with E-state index in [0.717, 1.165) is 5.71 Å². The second kappa shape index (κ2) is 6.53. The molecule has 0 heterocycles. The first kappa shape index (κ1) is 13.1. The average molecular weight is 207 g/mol. The Morgan fingerprint density at radius 3 is 2.47 bits per heavy atom. The lowest BCUT2D eigenvalue weighted by molar-refractivity contribution is 0.935. The van der Waals surface area contributed by atoms with Crippen molar-refractivity contribution in [3.8, 4) is 0 Å². The summed E-state index contributed by atoms with van der Waals surface area (Å²) in [6.45, 7) is 8.94. The maximum absolute atomic E-state index is 7.45. The second-order valence-corrected chi connectivity index (χ2v) is 3.01. The molecule has 0 amide bonds. The fourth-order valence-electron chi connectivity index (χ4n) is 0.808. The van der Waals surface area contributed by atoms with Crippen LogP contribution in [0.25, 0.3) is 0 Å². The number of nitrogens with two attached hydrogens (primary N) is 1. The van der Waals surface area contributed by atoms with Crippen molar-refractivity contribution in [2.45, 2.75) is 20.8 Å². The molecule has 0 unspecified atom stereocenters. The van der Waals surface area contributed by atoms with Gasteiger partial charge in [0, 0.05) is 18.0 Å². The van der Waals surface area contributed by atoms with Gasteiger partial charge < -0.3 is 11.1 Å². The van der Waals surface area contributed by atoms with E-state index >= 15 is 0 Å². The zero-order chi connectivity index (χ0) is 11.8. The highest BCUT2D eigenvalue weighted by atomic mass is 15.1. The molecule has 0 radical (unpaired) electrons. The van der Waals surface area contributed by atoms with E-state index in [9.17, 15) is 0 Å². The Balaban J connectivity index is 4.84. The maximum Gasteiger partial charge on any atom is 0.147 e. The van der Waals surface area contributed by atoms with Crippen LogP contribution in [0.5, 0.6) is 0 Å². The molecule has 4 N–H and O–H groups in total. The van der Waals surface area contributed by atoms with Crippen LogP contribution < -0.4 is 11.1 Å². The molecule has 0 bridgehead atoms. The van der Waals surface area contributed by atoms with Crippen LogP contribution in [0.15, 0.2) is 34.3 Å². The smallest absolute Gasteiger partial charge is 0.147 e. The van der Waals surface area contributed by atoms with Crippen molar-refractivity contribution in [1.82, 2.24) is 5.32 Å². The van der Waals surface area contributed by atoms with Crippen molar-refractivity contribution < 1.29 is 0 Å². The Morgan fingerprint density at radius 1 is 1.47 bits per heavy atom. The molecule has 0 spiro atoms. The predicted octanol–water partition coefficient (Wildman–Crippen LogP) is 1.40. The summed E-state index contributed by atoms with van der Waals surface area (Å²) in [5.41, 5.74) is 6.24. The molecule has 5 nitrogen and oxygen atoms in total. The molecule has 0 aliphatic heterocycles. The third kappa shape index (κ3) is 7.18. The van der Waals surface area contributed by atoms with Crippen LogP contribution in [0.4, 0.5) is 0 Å². The van der Waals surface area contributed by atoms with E-state index in [1.165, 1.54) is 12.3 Å². The van der Waals surface area contributed by atoms with Crippen LogP contribution >= 0.6 is 0 Å². The fraction of sp³-hybridized carbons (Fsp3) is 0.300. The van der Waals surface area contributed by atoms with E-state index in [-0.39, 0.29) is 11.7 Å². The summed E-state index contributed by atoms with van der Waals surface area (Å²) in [5.74, 6) is 0.837. The number of hydrogen-bond acceptors (Lipinski definition) is 4. The monoisotopic (exact) mass is 207 g/mol. The Hall–Kier alpha value is -1.91. The van der Waals surface area contributed by atoms with Gasteiger partial charge in [-0.2, -0.15) is 0 Å². The predicted molar refractivity (Wildman–Crippen MR) is 65.2 cm³/mol. The maximum atomic E-state index is 7.45. The van der Waals surface area contributed by atoms with Gasteiger partial charge >= 0.3 is 0 Å². The highest BCUT2D eigenvalue weighted by molar-refractivity contribution is 5.96. The molecular weight excluding hydrogens is 190 g/mol. The fourth-order valence-corrected chi connectivity index (χ4v) is 0.808. The van der Waals surface area contributed by atoms with Crippen LogP contribution in [0, 0.1) is 5.41 Å². The van der Waals surface area contributed by atoms with Crippen molar-refractivity contribution in [3.63, 3.8) is 0 Å². The van der Waals surface area contributed by atoms with Gasteiger partial charge in [-0.15, -0.1) is 0 Å². The largest absolute Gasteiger partial charge is 0.386 e. The molecule has 0 rings (SSSR count). The summed E-state index contributed by atoms with van der Waals surface area (Å²) in [4.78, 5) is 7.93. The van der Waals surface area contributed by atoms with Crippen molar-refractivity contribution in [1.29, 1.82) is 5.41 Å². The quantitative estimate of drug-likeness (QED) is 0.480. The molecule has 15 heavy (non-hydrogen) atoms. The first-order valence-corrected chi connectivity index (χ1v) is 4.48. The minimum atomic E-state index is 0.103. The van der Waals surface area contributed by atoms with E-state index in [0.29, 0.717) is 5.82 Å². The van der Waals surface area contributed by atoms with Gasteiger partial charge in [0.1, 0.15) is 11.7 Å². The highest BCUT2D eigenvalue weighted by Gasteiger charge is 1.96. The third-order valence-electron chi connectivity index (χ3n) is 1.17. The molecular formula is C10H17N5. The molecule has 0 saturated carbocycles. The summed E-state index contributed by atoms with van der Waals surface area (Å²) >= 11 is 0. The van der Waals surface area contributed by atoms with Crippen LogP contribution in [0.2, 0.25) is 0 Å². The molecule has 0 atom stereocenters. The zero-order valence-corrected chi connectivity index (χ0v) is 9.33. The van der Waals surface area contributed by atoms with Crippen molar-refractivity contribution in [3.05, 3.63) is 24.3 Å². The minimum Gasteiger partial charge on any atom is -0.386 e. The minimum absolute atomic E-state index is 0.103. The van der Waals surface area contributed by atoms with Gasteiger partial charge in [-0.05, 0) is 20.8 Å². The molecule has 0 fully saturated rings. The van der Waals surface area contributed by atoms with Gasteiger partial charge in [-0.1, -0.05) is 6.58 Å². The SMILES string of the molecule is C=C(N)NC(=CC(=N)N=CC)N=C(C)C. The zero-order valence-electron chi connectivity index (χ0n) is 9.33. The number of rotatable bonds is 4. The summed E-state index contributed by atoms with van der Waals surface area (Å²) in [5, 5.41) is 10.2. The Kier molecular flexibility index (Phi) is 5.70. The number of nitrogens with zero attached hydrogens (tertiary/aromatic N) is 2. The van der Waals surface area contributed by atoms with Gasteiger partial charge in [0.25, 0.3) is 0 Å². The molecule has 5 heteroatoms. The first-order valence-electron chi connectivity index (χ1n) is 4.48. The van der Waals surface area contributed by atoms with Crippen molar-refractivity contribution in [2.75, 3.05) is 0 Å². The van der Waals surface area contributed by atoms with Gasteiger partial charge in [0.05, 0.1) is 5.82 Å². The van der Waals surface area contributed by atoms with Crippen LogP contribution in [0.1, 0.15) is 20.8 Å². The lowest BCUT2D eigenvalue weighted by atomic mass is 10.4.